The Labute approximate surface area is 147 Å². The molecule has 0 fully saturated rings. The maximum absolute atomic E-state index is 12.6. The quantitative estimate of drug-likeness (QED) is 0.630. The molecule has 0 aliphatic carbocycles. The fourth-order valence-electron chi connectivity index (χ4n) is 2.26. The van der Waals surface area contributed by atoms with Crippen molar-refractivity contribution >= 4 is 22.0 Å². The Morgan fingerprint density at radius 2 is 1.88 bits per heavy atom. The first-order valence-electron chi connectivity index (χ1n) is 7.61. The van der Waals surface area contributed by atoms with Gasteiger partial charge in [-0.1, -0.05) is 13.8 Å². The van der Waals surface area contributed by atoms with Crippen molar-refractivity contribution in [3.05, 3.63) is 23.8 Å². The first-order valence-corrected chi connectivity index (χ1v) is 9.09. The summed E-state index contributed by atoms with van der Waals surface area (Å²) in [7, 11) is -1.60. The highest BCUT2D eigenvalue weighted by Crippen LogP contribution is 2.25. The average molecular weight is 373 g/mol. The molecule has 0 aliphatic heterocycles. The molecule has 0 aromatic heterocycles. The molecule has 9 heteroatoms. The number of nitrogens with one attached hydrogen (secondary N) is 1. The molecule has 1 aromatic carbocycles. The van der Waals surface area contributed by atoms with E-state index in [2.05, 4.69) is 9.46 Å². The van der Waals surface area contributed by atoms with E-state index in [-0.39, 0.29) is 28.7 Å². The second-order valence-electron chi connectivity index (χ2n) is 5.87. The molecule has 0 radical (unpaired) electrons. The predicted molar refractivity (Wildman–Crippen MR) is 90.1 cm³/mol. The van der Waals surface area contributed by atoms with Crippen molar-refractivity contribution < 1.29 is 32.6 Å². The Hall–Kier alpha value is -2.13. The molecule has 1 atom stereocenters. The lowest BCUT2D eigenvalue weighted by atomic mass is 9.98. The van der Waals surface area contributed by atoms with Crippen LogP contribution in [0.15, 0.2) is 23.1 Å². The molecule has 1 rings (SSSR count). The van der Waals surface area contributed by atoms with E-state index in [1.807, 2.05) is 13.8 Å². The normalized spacial score (nSPS) is 12.7. The molecule has 0 saturated carbocycles. The van der Waals surface area contributed by atoms with Gasteiger partial charge in [0.25, 0.3) is 0 Å². The highest BCUT2D eigenvalue weighted by molar-refractivity contribution is 7.89. The van der Waals surface area contributed by atoms with Crippen LogP contribution in [0.25, 0.3) is 0 Å². The number of hydrogen-bond donors (Lipinski definition) is 2. The minimum absolute atomic E-state index is 0.0379. The van der Waals surface area contributed by atoms with Crippen LogP contribution in [0.4, 0.5) is 0 Å². The zero-order valence-electron chi connectivity index (χ0n) is 14.6. The minimum Gasteiger partial charge on any atom is -0.495 e. The Kier molecular flexibility index (Phi) is 7.38. The van der Waals surface area contributed by atoms with E-state index in [0.717, 1.165) is 6.07 Å². The Bertz CT molecular complexity index is 728. The van der Waals surface area contributed by atoms with E-state index in [1.54, 1.807) is 0 Å². The third-order valence-electron chi connectivity index (χ3n) is 3.50. The molecule has 0 spiro atoms. The molecule has 0 heterocycles. The molecular weight excluding hydrogens is 350 g/mol. The van der Waals surface area contributed by atoms with Gasteiger partial charge in [0.15, 0.2) is 0 Å². The van der Waals surface area contributed by atoms with Crippen LogP contribution in [0.2, 0.25) is 0 Å². The molecule has 1 aromatic rings. The number of methoxy groups -OCH3 is 2. The Morgan fingerprint density at radius 1 is 1.24 bits per heavy atom. The zero-order chi connectivity index (χ0) is 19.2. The van der Waals surface area contributed by atoms with Gasteiger partial charge in [-0.3, -0.25) is 4.79 Å². The van der Waals surface area contributed by atoms with Gasteiger partial charge in [0.05, 0.1) is 25.7 Å². The summed E-state index contributed by atoms with van der Waals surface area (Å²) in [6.45, 7) is 3.45. The van der Waals surface area contributed by atoms with Crippen LogP contribution in [-0.4, -0.2) is 46.2 Å². The van der Waals surface area contributed by atoms with Gasteiger partial charge < -0.3 is 14.6 Å². The van der Waals surface area contributed by atoms with Crippen molar-refractivity contribution in [2.45, 2.75) is 25.2 Å². The molecule has 0 amide bonds. The second-order valence-corrected chi connectivity index (χ2v) is 7.61. The van der Waals surface area contributed by atoms with Gasteiger partial charge in [-0.15, -0.1) is 0 Å². The number of rotatable bonds is 9. The SMILES string of the molecule is COC(=O)c1ccc(OC)c(S(=O)(=O)NCC(CC(C)C)C(=O)O)c1. The number of carbonyl (C=O) groups is 2. The Morgan fingerprint density at radius 3 is 2.36 bits per heavy atom. The lowest BCUT2D eigenvalue weighted by Crippen LogP contribution is -2.34. The van der Waals surface area contributed by atoms with Crippen molar-refractivity contribution in [3.63, 3.8) is 0 Å². The number of carboxylic acids is 1. The molecule has 8 nitrogen and oxygen atoms in total. The summed E-state index contributed by atoms with van der Waals surface area (Å²) in [5.74, 6) is -2.49. The maximum Gasteiger partial charge on any atom is 0.337 e. The number of aliphatic carboxylic acids is 1. The summed E-state index contributed by atoms with van der Waals surface area (Å²) < 4.78 is 37.0. The Balaban J connectivity index is 3.11. The summed E-state index contributed by atoms with van der Waals surface area (Å²) in [5, 5.41) is 9.22. The van der Waals surface area contributed by atoms with Crippen LogP contribution < -0.4 is 9.46 Å². The third kappa shape index (κ3) is 5.71. The highest BCUT2D eigenvalue weighted by Gasteiger charge is 2.25. The van der Waals surface area contributed by atoms with Crippen LogP contribution in [0.3, 0.4) is 0 Å². The molecule has 25 heavy (non-hydrogen) atoms. The lowest BCUT2D eigenvalue weighted by molar-refractivity contribution is -0.142. The number of carboxylic acid groups (broad SMARTS) is 1. The van der Waals surface area contributed by atoms with Crippen molar-refractivity contribution in [1.82, 2.24) is 4.72 Å². The summed E-state index contributed by atoms with van der Waals surface area (Å²) >= 11 is 0. The summed E-state index contributed by atoms with van der Waals surface area (Å²) in [6, 6.07) is 3.84. The van der Waals surface area contributed by atoms with Crippen LogP contribution in [0.5, 0.6) is 5.75 Å². The highest BCUT2D eigenvalue weighted by atomic mass is 32.2. The molecule has 2 N–H and O–H groups in total. The second kappa shape index (κ2) is 8.82. The fourth-order valence-corrected chi connectivity index (χ4v) is 3.53. The van der Waals surface area contributed by atoms with E-state index >= 15 is 0 Å². The van der Waals surface area contributed by atoms with E-state index in [4.69, 9.17) is 4.74 Å². The monoisotopic (exact) mass is 373 g/mol. The maximum atomic E-state index is 12.6. The minimum atomic E-state index is -4.08. The first-order chi connectivity index (χ1) is 11.6. The van der Waals surface area contributed by atoms with Crippen molar-refractivity contribution in [2.75, 3.05) is 20.8 Å². The van der Waals surface area contributed by atoms with Crippen LogP contribution >= 0.6 is 0 Å². The predicted octanol–water partition coefficient (Wildman–Crippen LogP) is 1.51. The number of hydrogen-bond acceptors (Lipinski definition) is 6. The van der Waals surface area contributed by atoms with Gasteiger partial charge in [-0.25, -0.2) is 17.9 Å². The van der Waals surface area contributed by atoms with Gasteiger partial charge in [-0.2, -0.15) is 0 Å². The topological polar surface area (TPSA) is 119 Å². The smallest absolute Gasteiger partial charge is 0.337 e. The van der Waals surface area contributed by atoms with Crippen molar-refractivity contribution in [3.8, 4) is 5.75 Å². The number of carbonyl (C=O) groups excluding carboxylic acids is 1. The van der Waals surface area contributed by atoms with Gasteiger partial charge in [0, 0.05) is 6.54 Å². The van der Waals surface area contributed by atoms with E-state index in [9.17, 15) is 23.1 Å². The van der Waals surface area contributed by atoms with Gasteiger partial charge in [0.2, 0.25) is 10.0 Å². The van der Waals surface area contributed by atoms with Gasteiger partial charge in [-0.05, 0) is 30.5 Å². The number of ether oxygens (including phenoxy) is 2. The van der Waals surface area contributed by atoms with Gasteiger partial charge in [0.1, 0.15) is 10.6 Å². The van der Waals surface area contributed by atoms with Crippen LogP contribution in [0, 0.1) is 11.8 Å². The summed E-state index contributed by atoms with van der Waals surface area (Å²) in [6.07, 6.45) is 0.331. The molecule has 1 unspecified atom stereocenters. The van der Waals surface area contributed by atoms with Crippen molar-refractivity contribution in [2.24, 2.45) is 11.8 Å². The number of sulfonamides is 1. The molecule has 0 saturated heterocycles. The molecule has 0 aliphatic rings. The standard InChI is InChI=1S/C16H23NO7S/c1-10(2)7-12(15(18)19)9-17-25(21,22)14-8-11(16(20)24-4)5-6-13(14)23-3/h5-6,8,10,12,17H,7,9H2,1-4H3,(H,18,19). The van der Waals surface area contributed by atoms with Crippen LogP contribution in [0.1, 0.15) is 30.6 Å². The number of esters is 1. The molecule has 140 valence electrons. The van der Waals surface area contributed by atoms with E-state index < -0.39 is 27.9 Å². The molecular formula is C16H23NO7S. The zero-order valence-corrected chi connectivity index (χ0v) is 15.4. The number of benzene rings is 1. The van der Waals surface area contributed by atoms with Crippen molar-refractivity contribution in [1.29, 1.82) is 0 Å². The third-order valence-corrected chi connectivity index (χ3v) is 4.94. The van der Waals surface area contributed by atoms with E-state index in [0.29, 0.717) is 6.42 Å². The van der Waals surface area contributed by atoms with E-state index in [1.165, 1.54) is 26.4 Å². The summed E-state index contributed by atoms with van der Waals surface area (Å²) in [5.41, 5.74) is 0.0423. The largest absolute Gasteiger partial charge is 0.495 e. The van der Waals surface area contributed by atoms with Crippen LogP contribution in [-0.2, 0) is 19.6 Å². The molecule has 0 bridgehead atoms. The first kappa shape index (κ1) is 20.9. The van der Waals surface area contributed by atoms with Gasteiger partial charge >= 0.3 is 11.9 Å². The lowest BCUT2D eigenvalue weighted by Gasteiger charge is -2.16. The fraction of sp³-hybridized carbons (Fsp3) is 0.500. The summed E-state index contributed by atoms with van der Waals surface area (Å²) in [4.78, 5) is 22.6. The average Bonchev–Trinajstić information content (AvgIpc) is 2.56.